The Labute approximate surface area is 160 Å². The van der Waals surface area contributed by atoms with Crippen molar-refractivity contribution in [2.24, 2.45) is 0 Å². The summed E-state index contributed by atoms with van der Waals surface area (Å²) in [6.45, 7) is 6.38. The van der Waals surface area contributed by atoms with E-state index < -0.39 is 0 Å². The third-order valence-electron chi connectivity index (χ3n) is 3.87. The summed E-state index contributed by atoms with van der Waals surface area (Å²) < 4.78 is 6.78. The number of carbonyl (C=O) groups is 1. The summed E-state index contributed by atoms with van der Waals surface area (Å²) >= 11 is 1.22. The number of fused-ring (bicyclic) bond motifs is 1. The molecular weight excluding hydrogens is 364 g/mol. The third-order valence-corrected chi connectivity index (χ3v) is 4.68. The molecule has 3 rings (SSSR count). The quantitative estimate of drug-likeness (QED) is 0.678. The number of ether oxygens (including phenoxy) is 1. The van der Waals surface area contributed by atoms with Crippen molar-refractivity contribution in [3.63, 3.8) is 0 Å². The first-order valence-corrected chi connectivity index (χ1v) is 9.64. The fraction of sp³-hybridized carbons (Fsp3) is 0.316. The van der Waals surface area contributed by atoms with Crippen LogP contribution in [-0.4, -0.2) is 28.3 Å². The molecule has 0 fully saturated rings. The number of nitrogens with one attached hydrogen (secondary N) is 1. The minimum atomic E-state index is -0.355. The van der Waals surface area contributed by atoms with Crippen molar-refractivity contribution in [2.45, 2.75) is 33.2 Å². The second-order valence-corrected chi connectivity index (χ2v) is 7.34. The topological polar surface area (TPSA) is 99.2 Å². The zero-order valence-corrected chi connectivity index (χ0v) is 16.3. The second kappa shape index (κ2) is 7.79. The molecule has 0 aliphatic heterocycles. The lowest BCUT2D eigenvalue weighted by Crippen LogP contribution is -2.33. The van der Waals surface area contributed by atoms with Gasteiger partial charge in [0.2, 0.25) is 0 Å². The van der Waals surface area contributed by atoms with Crippen molar-refractivity contribution in [1.29, 1.82) is 0 Å². The molecule has 3 aromatic rings. The normalized spacial score (nSPS) is 11.1. The fourth-order valence-electron chi connectivity index (χ4n) is 2.65. The number of nitrogens with zero attached hydrogens (tertiary/aromatic N) is 2. The zero-order chi connectivity index (χ0) is 19.6. The molecular formula is C19H22N4O3S. The third kappa shape index (κ3) is 3.80. The first-order chi connectivity index (χ1) is 12.9. The van der Waals surface area contributed by atoms with Gasteiger partial charge >= 0.3 is 0 Å². The van der Waals surface area contributed by atoms with Gasteiger partial charge < -0.3 is 15.8 Å². The van der Waals surface area contributed by atoms with Gasteiger partial charge in [-0.05, 0) is 44.5 Å². The number of nitrogens with two attached hydrogens (primary N) is 1. The van der Waals surface area contributed by atoms with Gasteiger partial charge in [-0.15, -0.1) is 11.3 Å². The van der Waals surface area contributed by atoms with E-state index in [4.69, 9.17) is 10.5 Å². The highest BCUT2D eigenvalue weighted by Gasteiger charge is 2.21. The Hall–Kier alpha value is -2.87. The second-order valence-electron chi connectivity index (χ2n) is 6.42. The monoisotopic (exact) mass is 386 g/mol. The lowest BCUT2D eigenvalue weighted by molar-refractivity contribution is 0.0938. The Bertz CT molecular complexity index is 1020. The van der Waals surface area contributed by atoms with Crippen LogP contribution in [0.15, 0.2) is 34.4 Å². The summed E-state index contributed by atoms with van der Waals surface area (Å²) in [7, 11) is 0. The lowest BCUT2D eigenvalue weighted by atomic mass is 10.2. The van der Waals surface area contributed by atoms with Gasteiger partial charge in [-0.1, -0.05) is 6.92 Å². The van der Waals surface area contributed by atoms with Crippen LogP contribution in [0.1, 0.15) is 37.7 Å². The molecule has 0 aliphatic carbocycles. The SMILES string of the molecule is CCCOc1ccc(-n2nc(C(=O)NC(C)C)c3csc(N)c3c2=O)cc1. The number of aromatic nitrogens is 2. The van der Waals surface area contributed by atoms with E-state index in [1.54, 1.807) is 29.6 Å². The molecule has 2 heterocycles. The van der Waals surface area contributed by atoms with E-state index in [1.807, 2.05) is 20.8 Å². The Morgan fingerprint density at radius 1 is 1.33 bits per heavy atom. The van der Waals surface area contributed by atoms with E-state index >= 15 is 0 Å². The number of nitrogen functional groups attached to an aromatic ring is 1. The van der Waals surface area contributed by atoms with E-state index in [0.29, 0.717) is 33.8 Å². The minimum Gasteiger partial charge on any atom is -0.494 e. The molecule has 142 valence electrons. The van der Waals surface area contributed by atoms with Gasteiger partial charge in [0.15, 0.2) is 5.69 Å². The minimum absolute atomic E-state index is 0.0549. The van der Waals surface area contributed by atoms with Crippen molar-refractivity contribution in [3.05, 3.63) is 45.7 Å². The average Bonchev–Trinajstić information content (AvgIpc) is 3.02. The molecule has 8 heteroatoms. The Balaban J connectivity index is 2.12. The van der Waals surface area contributed by atoms with Gasteiger partial charge in [-0.25, -0.2) is 0 Å². The molecule has 0 radical (unpaired) electrons. The first-order valence-electron chi connectivity index (χ1n) is 8.76. The largest absolute Gasteiger partial charge is 0.494 e. The van der Waals surface area contributed by atoms with Crippen LogP contribution in [0.4, 0.5) is 5.00 Å². The van der Waals surface area contributed by atoms with E-state index in [2.05, 4.69) is 10.4 Å². The highest BCUT2D eigenvalue weighted by molar-refractivity contribution is 7.15. The molecule has 0 aliphatic rings. The van der Waals surface area contributed by atoms with Gasteiger partial charge in [-0.2, -0.15) is 9.78 Å². The molecule has 0 bridgehead atoms. The Morgan fingerprint density at radius 3 is 2.67 bits per heavy atom. The number of carbonyl (C=O) groups excluding carboxylic acids is 1. The van der Waals surface area contributed by atoms with Crippen LogP contribution in [0.5, 0.6) is 5.75 Å². The molecule has 1 amide bonds. The van der Waals surface area contributed by atoms with Crippen LogP contribution in [0.2, 0.25) is 0 Å². The van der Waals surface area contributed by atoms with Crippen LogP contribution in [0.3, 0.4) is 0 Å². The van der Waals surface area contributed by atoms with Crippen molar-refractivity contribution < 1.29 is 9.53 Å². The summed E-state index contributed by atoms with van der Waals surface area (Å²) in [6.07, 6.45) is 0.908. The predicted molar refractivity (Wildman–Crippen MR) is 108 cm³/mol. The molecule has 0 saturated carbocycles. The Morgan fingerprint density at radius 2 is 2.04 bits per heavy atom. The van der Waals surface area contributed by atoms with Crippen molar-refractivity contribution in [2.75, 3.05) is 12.3 Å². The average molecular weight is 386 g/mol. The van der Waals surface area contributed by atoms with E-state index in [0.717, 1.165) is 6.42 Å². The standard InChI is InChI=1S/C19H22N4O3S/c1-4-9-26-13-7-5-12(6-8-13)23-19(25)15-14(10-27-17(15)20)16(22-23)18(24)21-11(2)3/h5-8,10-11H,4,9,20H2,1-3H3,(H,21,24). The van der Waals surface area contributed by atoms with Crippen molar-refractivity contribution in [3.8, 4) is 11.4 Å². The molecule has 1 aromatic carbocycles. The van der Waals surface area contributed by atoms with Crippen molar-refractivity contribution >= 4 is 33.0 Å². The molecule has 0 saturated heterocycles. The summed E-state index contributed by atoms with van der Waals surface area (Å²) in [6, 6.07) is 6.96. The Kier molecular flexibility index (Phi) is 5.46. The van der Waals surface area contributed by atoms with Crippen LogP contribution in [-0.2, 0) is 0 Å². The van der Waals surface area contributed by atoms with Gasteiger partial charge in [-0.3, -0.25) is 9.59 Å². The summed E-state index contributed by atoms with van der Waals surface area (Å²) in [4.78, 5) is 25.5. The summed E-state index contributed by atoms with van der Waals surface area (Å²) in [5, 5.41) is 10.00. The number of amides is 1. The maximum atomic E-state index is 12.9. The van der Waals surface area contributed by atoms with Crippen molar-refractivity contribution in [1.82, 2.24) is 15.1 Å². The highest BCUT2D eigenvalue weighted by atomic mass is 32.1. The van der Waals surface area contributed by atoms with Crippen LogP contribution in [0, 0.1) is 0 Å². The predicted octanol–water partition coefficient (Wildman–Crippen LogP) is 2.96. The summed E-state index contributed by atoms with van der Waals surface area (Å²) in [5.74, 6) is 0.368. The molecule has 7 nitrogen and oxygen atoms in total. The number of hydrogen-bond acceptors (Lipinski definition) is 6. The van der Waals surface area contributed by atoms with Gasteiger partial charge in [0.1, 0.15) is 5.75 Å². The molecule has 3 N–H and O–H groups in total. The fourth-order valence-corrected chi connectivity index (χ4v) is 3.44. The number of rotatable bonds is 6. The zero-order valence-electron chi connectivity index (χ0n) is 15.5. The smallest absolute Gasteiger partial charge is 0.282 e. The van der Waals surface area contributed by atoms with Crippen LogP contribution < -0.4 is 21.3 Å². The first kappa shape index (κ1) is 18.9. The van der Waals surface area contributed by atoms with Crippen LogP contribution >= 0.6 is 11.3 Å². The van der Waals surface area contributed by atoms with Gasteiger partial charge in [0.25, 0.3) is 11.5 Å². The molecule has 27 heavy (non-hydrogen) atoms. The summed E-state index contributed by atoms with van der Waals surface area (Å²) in [5.41, 5.74) is 6.36. The van der Waals surface area contributed by atoms with Gasteiger partial charge in [0, 0.05) is 16.8 Å². The lowest BCUT2D eigenvalue weighted by Gasteiger charge is -2.12. The number of anilines is 1. The molecule has 0 spiro atoms. The van der Waals surface area contributed by atoms with Gasteiger partial charge in [0.05, 0.1) is 22.7 Å². The number of thiophene rings is 1. The molecule has 0 unspecified atom stereocenters. The maximum Gasteiger partial charge on any atom is 0.282 e. The molecule has 2 aromatic heterocycles. The van der Waals surface area contributed by atoms with E-state index in [-0.39, 0.29) is 23.2 Å². The number of benzene rings is 1. The highest BCUT2D eigenvalue weighted by Crippen LogP contribution is 2.27. The van der Waals surface area contributed by atoms with E-state index in [9.17, 15) is 9.59 Å². The van der Waals surface area contributed by atoms with E-state index in [1.165, 1.54) is 16.0 Å². The molecule has 0 atom stereocenters. The maximum absolute atomic E-state index is 12.9. The van der Waals surface area contributed by atoms with Crippen LogP contribution in [0.25, 0.3) is 16.5 Å². The number of hydrogen-bond donors (Lipinski definition) is 2.